The first-order chi connectivity index (χ1) is 6.36. The van der Waals surface area contributed by atoms with Crippen molar-refractivity contribution in [2.24, 2.45) is 0 Å². The molecule has 0 spiro atoms. The van der Waals surface area contributed by atoms with Crippen LogP contribution >= 0.6 is 11.6 Å². The average Bonchev–Trinajstić information content (AvgIpc) is 2.19. The van der Waals surface area contributed by atoms with Crippen molar-refractivity contribution in [3.8, 4) is 0 Å². The molecule has 0 amide bonds. The van der Waals surface area contributed by atoms with Gasteiger partial charge in [-0.15, -0.1) is 0 Å². The molecule has 1 heterocycles. The van der Waals surface area contributed by atoms with Crippen molar-refractivity contribution in [1.29, 1.82) is 0 Å². The summed E-state index contributed by atoms with van der Waals surface area (Å²) in [6, 6.07) is 0. The monoisotopic (exact) mass is 197 g/mol. The van der Waals surface area contributed by atoms with E-state index in [0.717, 1.165) is 5.82 Å². The summed E-state index contributed by atoms with van der Waals surface area (Å²) in [7, 11) is 0. The third-order valence-corrected chi connectivity index (χ3v) is 2.71. The van der Waals surface area contributed by atoms with Crippen LogP contribution in [-0.4, -0.2) is 15.0 Å². The molecule has 0 unspecified atom stereocenters. The first-order valence-corrected chi connectivity index (χ1v) is 5.08. The lowest BCUT2D eigenvalue weighted by molar-refractivity contribution is 0.427. The second kappa shape index (κ2) is 4.01. The first kappa shape index (κ1) is 8.88. The molecule has 1 aliphatic rings. The lowest BCUT2D eigenvalue weighted by Crippen LogP contribution is -2.09. The Hall–Kier alpha value is -0.700. The average molecular weight is 198 g/mol. The van der Waals surface area contributed by atoms with Crippen molar-refractivity contribution < 1.29 is 0 Å². The summed E-state index contributed by atoms with van der Waals surface area (Å²) >= 11 is 5.70. The topological polar surface area (TPSA) is 38.7 Å². The van der Waals surface area contributed by atoms with E-state index >= 15 is 0 Å². The maximum atomic E-state index is 5.70. The van der Waals surface area contributed by atoms with Crippen LogP contribution in [0, 0.1) is 0 Å². The van der Waals surface area contributed by atoms with Crippen molar-refractivity contribution in [1.82, 2.24) is 15.0 Å². The second-order valence-corrected chi connectivity index (χ2v) is 3.79. The molecule has 4 heteroatoms. The summed E-state index contributed by atoms with van der Waals surface area (Å²) in [6.45, 7) is 0. The molecule has 0 radical (unpaired) electrons. The Morgan fingerprint density at radius 3 is 2.62 bits per heavy atom. The third kappa shape index (κ3) is 2.15. The number of halogens is 1. The molecule has 70 valence electrons. The Labute approximate surface area is 82.6 Å². The fourth-order valence-corrected chi connectivity index (χ4v) is 1.98. The fourth-order valence-electron chi connectivity index (χ4n) is 1.85. The third-order valence-electron chi connectivity index (χ3n) is 2.53. The van der Waals surface area contributed by atoms with Gasteiger partial charge in [-0.1, -0.05) is 19.3 Å². The first-order valence-electron chi connectivity index (χ1n) is 4.70. The predicted octanol–water partition coefficient (Wildman–Crippen LogP) is 2.57. The van der Waals surface area contributed by atoms with Crippen LogP contribution in [-0.2, 0) is 0 Å². The van der Waals surface area contributed by atoms with E-state index in [1.54, 1.807) is 0 Å². The molecule has 3 nitrogen and oxygen atoms in total. The van der Waals surface area contributed by atoms with Gasteiger partial charge < -0.3 is 0 Å². The summed E-state index contributed by atoms with van der Waals surface area (Å²) in [5.74, 6) is 1.38. The summed E-state index contributed by atoms with van der Waals surface area (Å²) in [4.78, 5) is 12.1. The molecule has 0 saturated heterocycles. The van der Waals surface area contributed by atoms with Crippen LogP contribution in [0.25, 0.3) is 0 Å². The van der Waals surface area contributed by atoms with E-state index < -0.39 is 0 Å². The molecule has 0 aromatic carbocycles. The van der Waals surface area contributed by atoms with E-state index in [0.29, 0.717) is 11.2 Å². The summed E-state index contributed by atoms with van der Waals surface area (Å²) in [5, 5.41) is 0.315. The van der Waals surface area contributed by atoms with Gasteiger partial charge in [-0.25, -0.2) is 15.0 Å². The van der Waals surface area contributed by atoms with Crippen LogP contribution in [0.15, 0.2) is 6.33 Å². The van der Waals surface area contributed by atoms with Crippen molar-refractivity contribution >= 4 is 11.6 Å². The zero-order valence-electron chi connectivity index (χ0n) is 7.41. The molecular weight excluding hydrogens is 186 g/mol. The van der Waals surface area contributed by atoms with Gasteiger partial charge in [0.15, 0.2) is 0 Å². The Balaban J connectivity index is 2.14. The molecule has 2 rings (SSSR count). The molecule has 0 N–H and O–H groups in total. The molecule has 0 aliphatic heterocycles. The molecule has 13 heavy (non-hydrogen) atoms. The van der Waals surface area contributed by atoms with Gasteiger partial charge in [-0.2, -0.15) is 0 Å². The smallest absolute Gasteiger partial charge is 0.221 e. The van der Waals surface area contributed by atoms with Gasteiger partial charge in [0.1, 0.15) is 12.2 Å². The van der Waals surface area contributed by atoms with E-state index in [1.165, 1.54) is 38.4 Å². The normalized spacial score (nSPS) is 18.8. The summed E-state index contributed by atoms with van der Waals surface area (Å²) < 4.78 is 0. The van der Waals surface area contributed by atoms with Crippen LogP contribution in [0.3, 0.4) is 0 Å². The van der Waals surface area contributed by atoms with E-state index in [4.69, 9.17) is 11.6 Å². The molecule has 1 fully saturated rings. The van der Waals surface area contributed by atoms with Gasteiger partial charge in [-0.3, -0.25) is 0 Å². The highest BCUT2D eigenvalue weighted by atomic mass is 35.5. The lowest BCUT2D eigenvalue weighted by atomic mass is 9.89. The highest BCUT2D eigenvalue weighted by molar-refractivity contribution is 6.28. The Bertz CT molecular complexity index is 284. The quantitative estimate of drug-likeness (QED) is 0.695. The maximum Gasteiger partial charge on any atom is 0.225 e. The Morgan fingerprint density at radius 1 is 1.15 bits per heavy atom. The highest BCUT2D eigenvalue weighted by Gasteiger charge is 2.18. The van der Waals surface area contributed by atoms with Crippen LogP contribution in [0.2, 0.25) is 5.28 Å². The minimum absolute atomic E-state index is 0.315. The molecular formula is C9H12ClN3. The van der Waals surface area contributed by atoms with Crippen molar-refractivity contribution in [3.05, 3.63) is 17.4 Å². The van der Waals surface area contributed by atoms with E-state index in [-0.39, 0.29) is 0 Å². The van der Waals surface area contributed by atoms with Crippen LogP contribution < -0.4 is 0 Å². The Morgan fingerprint density at radius 2 is 1.92 bits per heavy atom. The van der Waals surface area contributed by atoms with Gasteiger partial charge in [-0.05, 0) is 24.4 Å². The Kier molecular flexibility index (Phi) is 2.74. The van der Waals surface area contributed by atoms with Gasteiger partial charge in [0, 0.05) is 5.92 Å². The molecule has 1 aromatic heterocycles. The lowest BCUT2D eigenvalue weighted by Gasteiger charge is -2.19. The van der Waals surface area contributed by atoms with Gasteiger partial charge >= 0.3 is 0 Å². The van der Waals surface area contributed by atoms with Crippen LogP contribution in [0.4, 0.5) is 0 Å². The second-order valence-electron chi connectivity index (χ2n) is 3.45. The van der Waals surface area contributed by atoms with E-state index in [2.05, 4.69) is 15.0 Å². The molecule has 1 aromatic rings. The maximum absolute atomic E-state index is 5.70. The van der Waals surface area contributed by atoms with Gasteiger partial charge in [0.05, 0.1) is 0 Å². The predicted molar refractivity (Wildman–Crippen MR) is 50.7 cm³/mol. The van der Waals surface area contributed by atoms with E-state index in [1.807, 2.05) is 0 Å². The van der Waals surface area contributed by atoms with Crippen LogP contribution in [0.1, 0.15) is 43.8 Å². The van der Waals surface area contributed by atoms with E-state index in [9.17, 15) is 0 Å². The number of nitrogens with zero attached hydrogens (tertiary/aromatic N) is 3. The van der Waals surface area contributed by atoms with Crippen LogP contribution in [0.5, 0.6) is 0 Å². The molecule has 0 bridgehead atoms. The minimum Gasteiger partial charge on any atom is -0.221 e. The van der Waals surface area contributed by atoms with Gasteiger partial charge in [0.2, 0.25) is 5.28 Å². The summed E-state index contributed by atoms with van der Waals surface area (Å²) in [5.41, 5.74) is 0. The van der Waals surface area contributed by atoms with Crippen molar-refractivity contribution in [3.63, 3.8) is 0 Å². The van der Waals surface area contributed by atoms with Crippen molar-refractivity contribution in [2.45, 2.75) is 38.0 Å². The zero-order chi connectivity index (χ0) is 9.10. The number of rotatable bonds is 1. The standard InChI is InChI=1S/C9H12ClN3/c10-9-12-6-11-8(13-9)7-4-2-1-3-5-7/h6-7H,1-5H2. The molecule has 0 atom stereocenters. The SMILES string of the molecule is Clc1ncnc(C2CCCCC2)n1. The largest absolute Gasteiger partial charge is 0.225 e. The fraction of sp³-hybridized carbons (Fsp3) is 0.667. The zero-order valence-corrected chi connectivity index (χ0v) is 8.17. The number of hydrogen-bond acceptors (Lipinski definition) is 3. The number of aromatic nitrogens is 3. The number of hydrogen-bond donors (Lipinski definition) is 0. The van der Waals surface area contributed by atoms with Gasteiger partial charge in [0.25, 0.3) is 0 Å². The van der Waals surface area contributed by atoms with Crippen molar-refractivity contribution in [2.75, 3.05) is 0 Å². The molecule has 1 saturated carbocycles. The minimum atomic E-state index is 0.315. The highest BCUT2D eigenvalue weighted by Crippen LogP contribution is 2.30. The molecule has 1 aliphatic carbocycles. The summed E-state index contributed by atoms with van der Waals surface area (Å²) in [6.07, 6.45) is 7.80.